The summed E-state index contributed by atoms with van der Waals surface area (Å²) in [5, 5.41) is 6.07. The average molecular weight is 510 g/mol. The van der Waals surface area contributed by atoms with Crippen LogP contribution in [0, 0.1) is 12.7 Å². The number of nitrogens with zero attached hydrogens (tertiary/aromatic N) is 5. The number of aromatic nitrogens is 4. The van der Waals surface area contributed by atoms with Gasteiger partial charge in [-0.25, -0.2) is 19.3 Å². The number of benzene rings is 1. The van der Waals surface area contributed by atoms with Crippen LogP contribution in [0.3, 0.4) is 0 Å². The maximum absolute atomic E-state index is 14.8. The third kappa shape index (κ3) is 6.12. The first-order valence-corrected chi connectivity index (χ1v) is 12.7. The van der Waals surface area contributed by atoms with E-state index in [-0.39, 0.29) is 23.6 Å². The molecule has 2 aliphatic heterocycles. The van der Waals surface area contributed by atoms with Gasteiger partial charge in [-0.05, 0) is 44.0 Å². The number of amides is 1. The molecule has 0 saturated carbocycles. The van der Waals surface area contributed by atoms with E-state index < -0.39 is 5.82 Å². The number of aryl methyl sites for hydroxylation is 1. The summed E-state index contributed by atoms with van der Waals surface area (Å²) in [4.78, 5) is 27.8. The highest BCUT2D eigenvalue weighted by atomic mass is 19.1. The molecular formula is C26H32FN7O3. The Hall–Kier alpha value is -3.41. The molecule has 2 saturated heterocycles. The Morgan fingerprint density at radius 2 is 1.78 bits per heavy atom. The van der Waals surface area contributed by atoms with Crippen molar-refractivity contribution < 1.29 is 18.7 Å². The molecule has 1 aromatic carbocycles. The van der Waals surface area contributed by atoms with Crippen molar-refractivity contribution in [3.05, 3.63) is 53.9 Å². The zero-order valence-electron chi connectivity index (χ0n) is 21.0. The highest BCUT2D eigenvalue weighted by Crippen LogP contribution is 2.31. The molecule has 4 heterocycles. The van der Waals surface area contributed by atoms with Crippen LogP contribution >= 0.6 is 0 Å². The van der Waals surface area contributed by atoms with Crippen LogP contribution in [0.4, 0.5) is 16.0 Å². The molecule has 11 heteroatoms. The van der Waals surface area contributed by atoms with Crippen molar-refractivity contribution >= 4 is 17.5 Å². The highest BCUT2D eigenvalue weighted by Gasteiger charge is 2.23. The number of rotatable bonds is 8. The molecule has 0 aliphatic carbocycles. The maximum Gasteiger partial charge on any atom is 0.251 e. The first kappa shape index (κ1) is 25.2. The molecule has 5 rings (SSSR count). The molecule has 0 atom stereocenters. The first-order chi connectivity index (χ1) is 18.1. The summed E-state index contributed by atoms with van der Waals surface area (Å²) in [5.41, 5.74) is 2.07. The number of hydrogen-bond donors (Lipinski definition) is 2. The molecule has 0 radical (unpaired) electrons. The summed E-state index contributed by atoms with van der Waals surface area (Å²) >= 11 is 0. The lowest BCUT2D eigenvalue weighted by Gasteiger charge is -2.26. The predicted octanol–water partition coefficient (Wildman–Crippen LogP) is 2.94. The summed E-state index contributed by atoms with van der Waals surface area (Å²) in [6.45, 7) is 7.88. The number of morpholine rings is 1. The molecule has 3 aromatic rings. The average Bonchev–Trinajstić information content (AvgIpc) is 3.32. The van der Waals surface area contributed by atoms with Crippen molar-refractivity contribution in [2.45, 2.75) is 25.8 Å². The zero-order chi connectivity index (χ0) is 25.6. The third-order valence-electron chi connectivity index (χ3n) is 6.75. The van der Waals surface area contributed by atoms with Crippen molar-refractivity contribution in [3.63, 3.8) is 0 Å². The Labute approximate surface area is 215 Å². The van der Waals surface area contributed by atoms with Crippen LogP contribution in [0.2, 0.25) is 0 Å². The van der Waals surface area contributed by atoms with Crippen LogP contribution in [0.1, 0.15) is 35.1 Å². The molecule has 2 aromatic heterocycles. The fourth-order valence-electron chi connectivity index (χ4n) is 4.73. The number of ether oxygens (including phenoxy) is 2. The van der Waals surface area contributed by atoms with Gasteiger partial charge in [0, 0.05) is 56.7 Å². The topological polar surface area (TPSA) is 106 Å². The Kier molecular flexibility index (Phi) is 8.02. The van der Waals surface area contributed by atoms with Gasteiger partial charge in [0.15, 0.2) is 5.82 Å². The highest BCUT2D eigenvalue weighted by molar-refractivity contribution is 5.94. The van der Waals surface area contributed by atoms with Crippen molar-refractivity contribution in [1.82, 2.24) is 29.7 Å². The summed E-state index contributed by atoms with van der Waals surface area (Å²) in [6.07, 6.45) is 4.51. The largest absolute Gasteiger partial charge is 0.381 e. The van der Waals surface area contributed by atoms with Gasteiger partial charge in [0.2, 0.25) is 5.95 Å². The number of nitrogens with one attached hydrogen (secondary N) is 2. The van der Waals surface area contributed by atoms with Crippen LogP contribution in [-0.4, -0.2) is 82.9 Å². The molecule has 2 fully saturated rings. The molecule has 0 spiro atoms. The monoisotopic (exact) mass is 509 g/mol. The minimum Gasteiger partial charge on any atom is -0.381 e. The van der Waals surface area contributed by atoms with E-state index in [1.54, 1.807) is 30.5 Å². The third-order valence-corrected chi connectivity index (χ3v) is 6.75. The summed E-state index contributed by atoms with van der Waals surface area (Å²) in [5.74, 6) is 0.435. The van der Waals surface area contributed by atoms with E-state index in [0.717, 1.165) is 57.7 Å². The maximum atomic E-state index is 14.8. The van der Waals surface area contributed by atoms with Crippen LogP contribution in [-0.2, 0) is 9.47 Å². The normalized spacial score (nSPS) is 17.0. The molecule has 1 amide bonds. The second-order valence-corrected chi connectivity index (χ2v) is 9.21. The Morgan fingerprint density at radius 1 is 1.05 bits per heavy atom. The molecule has 2 aliphatic rings. The summed E-state index contributed by atoms with van der Waals surface area (Å²) < 4.78 is 27.7. The quantitative estimate of drug-likeness (QED) is 0.478. The van der Waals surface area contributed by atoms with E-state index >= 15 is 0 Å². The smallest absolute Gasteiger partial charge is 0.251 e. The molecule has 0 unspecified atom stereocenters. The molecule has 0 bridgehead atoms. The van der Waals surface area contributed by atoms with E-state index in [2.05, 4.69) is 30.5 Å². The Morgan fingerprint density at radius 3 is 2.54 bits per heavy atom. The van der Waals surface area contributed by atoms with Crippen LogP contribution in [0.25, 0.3) is 11.4 Å². The molecule has 10 nitrogen and oxygen atoms in total. The van der Waals surface area contributed by atoms with Crippen molar-refractivity contribution in [2.24, 2.45) is 0 Å². The Balaban J connectivity index is 1.24. The second kappa shape index (κ2) is 11.8. The van der Waals surface area contributed by atoms with Gasteiger partial charge in [-0.15, -0.1) is 0 Å². The van der Waals surface area contributed by atoms with Crippen molar-refractivity contribution in [1.29, 1.82) is 0 Å². The van der Waals surface area contributed by atoms with Crippen LogP contribution < -0.4 is 10.6 Å². The lowest BCUT2D eigenvalue weighted by atomic mass is 10.1. The molecular weight excluding hydrogens is 477 g/mol. The zero-order valence-corrected chi connectivity index (χ0v) is 21.0. The van der Waals surface area contributed by atoms with Gasteiger partial charge in [0.05, 0.1) is 31.3 Å². The number of anilines is 2. The van der Waals surface area contributed by atoms with Crippen LogP contribution in [0.15, 0.2) is 36.7 Å². The first-order valence-electron chi connectivity index (χ1n) is 12.7. The number of imidazole rings is 1. The van der Waals surface area contributed by atoms with Gasteiger partial charge in [0.1, 0.15) is 11.5 Å². The lowest BCUT2D eigenvalue weighted by molar-refractivity contribution is 0.0383. The summed E-state index contributed by atoms with van der Waals surface area (Å²) in [7, 11) is 0. The van der Waals surface area contributed by atoms with Gasteiger partial charge in [-0.2, -0.15) is 0 Å². The van der Waals surface area contributed by atoms with E-state index in [1.807, 2.05) is 11.5 Å². The minimum atomic E-state index is -0.511. The lowest BCUT2D eigenvalue weighted by Crippen LogP contribution is -2.41. The molecule has 2 N–H and O–H groups in total. The molecule has 196 valence electrons. The van der Waals surface area contributed by atoms with E-state index in [4.69, 9.17) is 9.47 Å². The van der Waals surface area contributed by atoms with E-state index in [0.29, 0.717) is 36.7 Å². The number of carbonyl (C=O) groups is 1. The van der Waals surface area contributed by atoms with Gasteiger partial charge < -0.3 is 24.7 Å². The second-order valence-electron chi connectivity index (χ2n) is 9.21. The standard InChI is InChI=1S/C26H32FN7O3/c1-18-29-17-23(34(18)21-6-12-36-13-7-21)24-22(27)16-30-26(32-24)31-20-4-2-19(3-5-20)25(35)28-8-9-33-10-14-37-15-11-33/h2-5,16-17,21H,6-15H2,1H3,(H,28,35)(H,30,31,32). The van der Waals surface area contributed by atoms with Gasteiger partial charge in [-0.3, -0.25) is 9.69 Å². The number of halogens is 1. The molecule has 37 heavy (non-hydrogen) atoms. The van der Waals surface area contributed by atoms with Gasteiger partial charge in [-0.1, -0.05) is 0 Å². The predicted molar refractivity (Wildman–Crippen MR) is 136 cm³/mol. The Bertz CT molecular complexity index is 1210. The number of hydrogen-bond acceptors (Lipinski definition) is 8. The SMILES string of the molecule is Cc1ncc(-c2nc(Nc3ccc(C(=O)NCCN4CCOCC4)cc3)ncc2F)n1C1CCOCC1. The van der Waals surface area contributed by atoms with E-state index in [9.17, 15) is 9.18 Å². The van der Waals surface area contributed by atoms with E-state index in [1.165, 1.54) is 0 Å². The number of carbonyl (C=O) groups excluding carboxylic acids is 1. The fourth-order valence-corrected chi connectivity index (χ4v) is 4.73. The fraction of sp³-hybridized carbons (Fsp3) is 0.462. The van der Waals surface area contributed by atoms with Gasteiger partial charge in [0.25, 0.3) is 5.91 Å². The van der Waals surface area contributed by atoms with Crippen LogP contribution in [0.5, 0.6) is 0 Å². The van der Waals surface area contributed by atoms with Crippen molar-refractivity contribution in [3.8, 4) is 11.4 Å². The summed E-state index contributed by atoms with van der Waals surface area (Å²) in [6, 6.07) is 7.21. The van der Waals surface area contributed by atoms with Crippen molar-refractivity contribution in [2.75, 3.05) is 57.9 Å². The van der Waals surface area contributed by atoms with Gasteiger partial charge >= 0.3 is 0 Å². The minimum absolute atomic E-state index is 0.128.